The van der Waals surface area contributed by atoms with Gasteiger partial charge in [-0.05, 0) is 36.4 Å². The third-order valence-corrected chi connectivity index (χ3v) is 3.27. The van der Waals surface area contributed by atoms with E-state index < -0.39 is 0 Å². The molecule has 0 saturated heterocycles. The van der Waals surface area contributed by atoms with Crippen LogP contribution < -0.4 is 0 Å². The number of fused-ring (bicyclic) bond motifs is 1. The van der Waals surface area contributed by atoms with Crippen LogP contribution in [-0.2, 0) is 6.54 Å². The minimum Gasteiger partial charge on any atom is -0.361 e. The van der Waals surface area contributed by atoms with Crippen LogP contribution in [0.25, 0.3) is 10.9 Å². The van der Waals surface area contributed by atoms with Crippen molar-refractivity contribution in [2.24, 2.45) is 0 Å². The number of H-pyrrole nitrogens is 1. The van der Waals surface area contributed by atoms with Crippen molar-refractivity contribution in [2.45, 2.75) is 6.54 Å². The normalized spacial score (nSPS) is 10.7. The Morgan fingerprint density at radius 2 is 2.15 bits per heavy atom. The Labute approximate surface area is 117 Å². The van der Waals surface area contributed by atoms with Crippen molar-refractivity contribution in [3.63, 3.8) is 0 Å². The molecule has 0 fully saturated rings. The van der Waals surface area contributed by atoms with Crippen molar-refractivity contribution in [2.75, 3.05) is 7.05 Å². The molecule has 1 N–H and O–H groups in total. The molecule has 0 atom stereocenters. The first kappa shape index (κ1) is 12.4. The number of nitrogens with zero attached hydrogens (tertiary/aromatic N) is 2. The Morgan fingerprint density at radius 3 is 2.95 bits per heavy atom. The molecule has 0 aliphatic heterocycles. The Hall–Kier alpha value is -2.62. The quantitative estimate of drug-likeness (QED) is 0.791. The smallest absolute Gasteiger partial charge is 0.253 e. The molecular formula is C16H15N3O. The molecule has 3 aromatic rings. The van der Waals surface area contributed by atoms with Crippen molar-refractivity contribution < 1.29 is 4.79 Å². The summed E-state index contributed by atoms with van der Waals surface area (Å²) in [5.74, 6) is -0.00115. The molecule has 2 heterocycles. The Balaban J connectivity index is 1.80. The van der Waals surface area contributed by atoms with Gasteiger partial charge in [0.15, 0.2) is 0 Å². The third kappa shape index (κ3) is 2.40. The summed E-state index contributed by atoms with van der Waals surface area (Å²) >= 11 is 0. The highest BCUT2D eigenvalue weighted by Crippen LogP contribution is 2.16. The molecule has 1 aromatic carbocycles. The fourth-order valence-corrected chi connectivity index (χ4v) is 2.21. The first-order chi connectivity index (χ1) is 9.74. The number of rotatable bonds is 3. The highest BCUT2D eigenvalue weighted by atomic mass is 16.2. The van der Waals surface area contributed by atoms with Gasteiger partial charge in [-0.15, -0.1) is 0 Å². The first-order valence-electron chi connectivity index (χ1n) is 6.46. The number of carbonyl (C=O) groups is 1. The molecule has 0 unspecified atom stereocenters. The average molecular weight is 265 g/mol. The van der Waals surface area contributed by atoms with Crippen molar-refractivity contribution in [1.29, 1.82) is 0 Å². The summed E-state index contributed by atoms with van der Waals surface area (Å²) in [5.41, 5.74) is 2.61. The summed E-state index contributed by atoms with van der Waals surface area (Å²) in [6.45, 7) is 0.505. The van der Waals surface area contributed by atoms with E-state index in [4.69, 9.17) is 0 Å². The fraction of sp³-hybridized carbons (Fsp3) is 0.125. The number of nitrogens with one attached hydrogen (secondary N) is 1. The fourth-order valence-electron chi connectivity index (χ4n) is 2.21. The molecule has 0 spiro atoms. The second-order valence-electron chi connectivity index (χ2n) is 4.76. The van der Waals surface area contributed by atoms with Crippen LogP contribution in [0.3, 0.4) is 0 Å². The van der Waals surface area contributed by atoms with Gasteiger partial charge in [-0.25, -0.2) is 0 Å². The van der Waals surface area contributed by atoms with Crippen LogP contribution in [-0.4, -0.2) is 27.8 Å². The van der Waals surface area contributed by atoms with Crippen LogP contribution in [0.5, 0.6) is 0 Å². The first-order valence-corrected chi connectivity index (χ1v) is 6.46. The molecule has 1 amide bonds. The molecule has 4 nitrogen and oxygen atoms in total. The summed E-state index contributed by atoms with van der Waals surface area (Å²) in [5, 5.41) is 1.04. The summed E-state index contributed by atoms with van der Waals surface area (Å²) in [7, 11) is 1.79. The van der Waals surface area contributed by atoms with Crippen LogP contribution in [0, 0.1) is 0 Å². The van der Waals surface area contributed by atoms with Gasteiger partial charge in [0.1, 0.15) is 0 Å². The standard InChI is InChI=1S/C16H15N3O/c1-19(11-14-4-2-3-8-17-14)16(20)13-5-6-15-12(10-13)7-9-18-15/h2-10,18H,11H2,1H3. The van der Waals surface area contributed by atoms with Crippen LogP contribution >= 0.6 is 0 Å². The van der Waals surface area contributed by atoms with Gasteiger partial charge in [-0.3, -0.25) is 9.78 Å². The number of pyridine rings is 1. The third-order valence-electron chi connectivity index (χ3n) is 3.27. The zero-order valence-corrected chi connectivity index (χ0v) is 11.2. The van der Waals surface area contributed by atoms with Crippen LogP contribution in [0.4, 0.5) is 0 Å². The lowest BCUT2D eigenvalue weighted by molar-refractivity contribution is 0.0783. The van der Waals surface area contributed by atoms with Crippen LogP contribution in [0.1, 0.15) is 16.1 Å². The van der Waals surface area contributed by atoms with Gasteiger partial charge in [-0.2, -0.15) is 0 Å². The molecule has 4 heteroatoms. The number of aromatic nitrogens is 2. The van der Waals surface area contributed by atoms with E-state index in [0.29, 0.717) is 12.1 Å². The highest BCUT2D eigenvalue weighted by Gasteiger charge is 2.13. The lowest BCUT2D eigenvalue weighted by Crippen LogP contribution is -2.26. The van der Waals surface area contributed by atoms with Gasteiger partial charge in [-0.1, -0.05) is 6.07 Å². The van der Waals surface area contributed by atoms with Crippen molar-refractivity contribution in [3.05, 3.63) is 66.1 Å². The second kappa shape index (κ2) is 5.17. The van der Waals surface area contributed by atoms with Gasteiger partial charge >= 0.3 is 0 Å². The number of benzene rings is 1. The number of amides is 1. The SMILES string of the molecule is CN(Cc1ccccn1)C(=O)c1ccc2[nH]ccc2c1. The van der Waals surface area contributed by atoms with Crippen molar-refractivity contribution in [1.82, 2.24) is 14.9 Å². The van der Waals surface area contributed by atoms with Gasteiger partial charge in [0.25, 0.3) is 5.91 Å². The molecule has 3 rings (SSSR count). The van der Waals surface area contributed by atoms with Crippen molar-refractivity contribution in [3.8, 4) is 0 Å². The van der Waals surface area contributed by atoms with E-state index in [9.17, 15) is 4.79 Å². The second-order valence-corrected chi connectivity index (χ2v) is 4.76. The van der Waals surface area contributed by atoms with Crippen LogP contribution in [0.2, 0.25) is 0 Å². The zero-order valence-electron chi connectivity index (χ0n) is 11.2. The Morgan fingerprint density at radius 1 is 1.25 bits per heavy atom. The highest BCUT2D eigenvalue weighted by molar-refractivity contribution is 5.97. The maximum absolute atomic E-state index is 12.4. The zero-order chi connectivity index (χ0) is 13.9. The lowest BCUT2D eigenvalue weighted by Gasteiger charge is -2.16. The molecule has 0 saturated carbocycles. The number of hydrogen-bond donors (Lipinski definition) is 1. The van der Waals surface area contributed by atoms with Gasteiger partial charge < -0.3 is 9.88 Å². The molecule has 0 bridgehead atoms. The minimum atomic E-state index is -0.00115. The van der Waals surface area contributed by atoms with E-state index in [-0.39, 0.29) is 5.91 Å². The van der Waals surface area contributed by atoms with Crippen molar-refractivity contribution >= 4 is 16.8 Å². The van der Waals surface area contributed by atoms with E-state index in [0.717, 1.165) is 16.6 Å². The molecule has 100 valence electrons. The van der Waals surface area contributed by atoms with E-state index in [2.05, 4.69) is 9.97 Å². The molecule has 20 heavy (non-hydrogen) atoms. The minimum absolute atomic E-state index is 0.00115. The molecular weight excluding hydrogens is 250 g/mol. The molecule has 2 aromatic heterocycles. The lowest BCUT2D eigenvalue weighted by atomic mass is 10.1. The maximum atomic E-state index is 12.4. The Bertz CT molecular complexity index is 734. The molecule has 0 aliphatic rings. The summed E-state index contributed by atoms with van der Waals surface area (Å²) in [6, 6.07) is 13.3. The predicted molar refractivity (Wildman–Crippen MR) is 78.3 cm³/mol. The van der Waals surface area contributed by atoms with E-state index >= 15 is 0 Å². The number of hydrogen-bond acceptors (Lipinski definition) is 2. The summed E-state index contributed by atoms with van der Waals surface area (Å²) in [6.07, 6.45) is 3.61. The van der Waals surface area contributed by atoms with Crippen LogP contribution in [0.15, 0.2) is 54.9 Å². The number of aromatic amines is 1. The van der Waals surface area contributed by atoms with E-state index in [1.807, 2.05) is 48.7 Å². The van der Waals surface area contributed by atoms with E-state index in [1.165, 1.54) is 0 Å². The monoisotopic (exact) mass is 265 g/mol. The van der Waals surface area contributed by atoms with Gasteiger partial charge in [0, 0.05) is 35.9 Å². The molecule has 0 aliphatic carbocycles. The average Bonchev–Trinajstić information content (AvgIpc) is 2.94. The topological polar surface area (TPSA) is 49.0 Å². The maximum Gasteiger partial charge on any atom is 0.253 e. The Kier molecular flexibility index (Phi) is 3.21. The van der Waals surface area contributed by atoms with Gasteiger partial charge in [0.2, 0.25) is 0 Å². The van der Waals surface area contributed by atoms with E-state index in [1.54, 1.807) is 18.1 Å². The predicted octanol–water partition coefficient (Wildman–Crippen LogP) is 2.84. The van der Waals surface area contributed by atoms with Gasteiger partial charge in [0.05, 0.1) is 12.2 Å². The summed E-state index contributed by atoms with van der Waals surface area (Å²) in [4.78, 5) is 21.4. The molecule has 0 radical (unpaired) electrons. The number of carbonyl (C=O) groups excluding carboxylic acids is 1. The largest absolute Gasteiger partial charge is 0.361 e. The summed E-state index contributed by atoms with van der Waals surface area (Å²) < 4.78 is 0.